The van der Waals surface area contributed by atoms with Crippen molar-refractivity contribution >= 4 is 44.2 Å². The molecule has 0 aliphatic carbocycles. The lowest BCUT2D eigenvalue weighted by Crippen LogP contribution is -2.22. The first kappa shape index (κ1) is 21.6. The van der Waals surface area contributed by atoms with Gasteiger partial charge in [-0.3, -0.25) is 9.36 Å². The van der Waals surface area contributed by atoms with Gasteiger partial charge in [0.1, 0.15) is 5.82 Å². The molecule has 2 N–H and O–H groups in total. The van der Waals surface area contributed by atoms with Crippen molar-refractivity contribution in [2.45, 2.75) is 25.3 Å². The van der Waals surface area contributed by atoms with E-state index in [9.17, 15) is 4.79 Å². The van der Waals surface area contributed by atoms with Crippen LogP contribution < -0.4 is 10.6 Å². The maximum atomic E-state index is 12.0. The summed E-state index contributed by atoms with van der Waals surface area (Å²) in [6.07, 6.45) is 0.720. The van der Waals surface area contributed by atoms with Gasteiger partial charge in [-0.15, -0.1) is 0 Å². The molecule has 33 heavy (non-hydrogen) atoms. The predicted octanol–water partition coefficient (Wildman–Crippen LogP) is 4.56. The summed E-state index contributed by atoms with van der Waals surface area (Å²) in [7, 11) is 2.01. The van der Waals surface area contributed by atoms with Gasteiger partial charge in [0, 0.05) is 46.7 Å². The van der Waals surface area contributed by atoms with E-state index in [4.69, 9.17) is 20.4 Å². The van der Waals surface area contributed by atoms with Crippen molar-refractivity contribution in [2.24, 2.45) is 5.73 Å². The smallest absolute Gasteiger partial charge is 0.249 e. The molecule has 0 bridgehead atoms. The van der Waals surface area contributed by atoms with Crippen LogP contribution in [0, 0.1) is 6.92 Å². The summed E-state index contributed by atoms with van der Waals surface area (Å²) in [4.78, 5) is 24.0. The quantitative estimate of drug-likeness (QED) is 0.401. The van der Waals surface area contributed by atoms with Gasteiger partial charge < -0.3 is 15.4 Å². The number of aryl methyl sites for hydroxylation is 1. The molecule has 168 valence electrons. The Labute approximate surface area is 200 Å². The van der Waals surface area contributed by atoms with Crippen molar-refractivity contribution in [3.63, 3.8) is 0 Å². The number of halogens is 1. The first-order valence-corrected chi connectivity index (χ1v) is 11.9. The molecule has 0 fully saturated rings. The van der Waals surface area contributed by atoms with E-state index in [1.165, 1.54) is 5.56 Å². The molecular weight excluding hydrogens is 482 g/mol. The second-order valence-corrected chi connectivity index (χ2v) is 8.72. The number of aromatic nitrogens is 3. The number of hydrogen-bond acceptors (Lipinski definition) is 5. The summed E-state index contributed by atoms with van der Waals surface area (Å²) in [5.74, 6) is 0.936. The van der Waals surface area contributed by atoms with Crippen LogP contribution in [0.2, 0.25) is 0 Å². The Morgan fingerprint density at radius 2 is 2.03 bits per heavy atom. The molecule has 7 nitrogen and oxygen atoms in total. The molecule has 0 unspecified atom stereocenters. The van der Waals surface area contributed by atoms with Gasteiger partial charge in [-0.1, -0.05) is 34.1 Å². The highest BCUT2D eigenvalue weighted by Gasteiger charge is 2.24. The van der Waals surface area contributed by atoms with Crippen molar-refractivity contribution in [3.8, 4) is 5.95 Å². The third-order valence-corrected chi connectivity index (χ3v) is 6.70. The lowest BCUT2D eigenvalue weighted by atomic mass is 10.1. The molecule has 1 aliphatic rings. The second-order valence-electron chi connectivity index (χ2n) is 8.16. The number of nitrogens with zero attached hydrogens (tertiary/aromatic N) is 4. The van der Waals surface area contributed by atoms with Crippen LogP contribution in [-0.2, 0) is 23.1 Å². The van der Waals surface area contributed by atoms with E-state index in [0.29, 0.717) is 24.7 Å². The predicted molar refractivity (Wildman–Crippen MR) is 133 cm³/mol. The molecule has 0 spiro atoms. The zero-order valence-electron chi connectivity index (χ0n) is 18.5. The van der Waals surface area contributed by atoms with E-state index >= 15 is 0 Å². The third-order valence-electron chi connectivity index (χ3n) is 6.05. The van der Waals surface area contributed by atoms with Crippen LogP contribution in [0.25, 0.3) is 16.9 Å². The van der Waals surface area contributed by atoms with Gasteiger partial charge >= 0.3 is 0 Å². The summed E-state index contributed by atoms with van der Waals surface area (Å²) < 4.78 is 7.75. The standard InChI is InChI=1S/C25H24BrN5O2/c1-15-11-19-18(23(27)32)7-4-8-22(19)31(15)25-28-21-9-10-33-14-20(21)24(29-25)30(2)17-6-3-5-16(12-17)13-26/h3-8,11-12H,9-10,13-14H2,1-2H3,(H2,27,32). The van der Waals surface area contributed by atoms with Gasteiger partial charge in [0.2, 0.25) is 11.9 Å². The number of amides is 1. The first-order chi connectivity index (χ1) is 16.0. The average Bonchev–Trinajstić information content (AvgIpc) is 3.18. The summed E-state index contributed by atoms with van der Waals surface area (Å²) in [6, 6.07) is 15.8. The van der Waals surface area contributed by atoms with Gasteiger partial charge in [-0.2, -0.15) is 4.98 Å². The summed E-state index contributed by atoms with van der Waals surface area (Å²) in [5, 5.41) is 1.58. The van der Waals surface area contributed by atoms with Crippen molar-refractivity contribution in [1.29, 1.82) is 0 Å². The number of nitrogens with two attached hydrogens (primary N) is 1. The average molecular weight is 506 g/mol. The van der Waals surface area contributed by atoms with Crippen LogP contribution in [0.4, 0.5) is 11.5 Å². The van der Waals surface area contributed by atoms with Crippen LogP contribution in [-0.4, -0.2) is 34.1 Å². The lowest BCUT2D eigenvalue weighted by molar-refractivity contribution is 0.100. The highest BCUT2D eigenvalue weighted by molar-refractivity contribution is 9.08. The number of carbonyl (C=O) groups excluding carboxylic acids is 1. The highest BCUT2D eigenvalue weighted by Crippen LogP contribution is 2.33. The summed E-state index contributed by atoms with van der Waals surface area (Å²) in [6.45, 7) is 3.09. The van der Waals surface area contributed by atoms with Crippen LogP contribution in [0.15, 0.2) is 48.5 Å². The lowest BCUT2D eigenvalue weighted by Gasteiger charge is -2.26. The van der Waals surface area contributed by atoms with E-state index in [-0.39, 0.29) is 0 Å². The van der Waals surface area contributed by atoms with Gasteiger partial charge in [0.25, 0.3) is 0 Å². The maximum absolute atomic E-state index is 12.0. The van der Waals surface area contributed by atoms with Crippen LogP contribution in [0.5, 0.6) is 0 Å². The van der Waals surface area contributed by atoms with Gasteiger partial charge in [-0.25, -0.2) is 4.98 Å². The largest absolute Gasteiger partial charge is 0.376 e. The Morgan fingerprint density at radius 3 is 2.82 bits per heavy atom. The molecule has 0 radical (unpaired) electrons. The van der Waals surface area contributed by atoms with E-state index in [1.807, 2.05) is 42.8 Å². The third kappa shape index (κ3) is 3.79. The number of benzene rings is 2. The van der Waals surface area contributed by atoms with Gasteiger partial charge in [0.05, 0.1) is 24.4 Å². The van der Waals surface area contributed by atoms with Crippen LogP contribution in [0.3, 0.4) is 0 Å². The molecule has 1 aliphatic heterocycles. The Bertz CT molecular complexity index is 1380. The molecule has 8 heteroatoms. The Kier molecular flexibility index (Phi) is 5.64. The topological polar surface area (TPSA) is 86.3 Å². The van der Waals surface area contributed by atoms with Crippen molar-refractivity contribution in [1.82, 2.24) is 14.5 Å². The fraction of sp³-hybridized carbons (Fsp3) is 0.240. The maximum Gasteiger partial charge on any atom is 0.249 e. The minimum absolute atomic E-state index is 0.451. The second kappa shape index (κ2) is 8.61. The Hall–Kier alpha value is -3.23. The number of hydrogen-bond donors (Lipinski definition) is 1. The van der Waals surface area contributed by atoms with Gasteiger partial charge in [-0.05, 0) is 42.8 Å². The number of primary amides is 1. The number of anilines is 2. The molecular formula is C25H24BrN5O2. The number of alkyl halides is 1. The van der Waals surface area contributed by atoms with E-state index in [1.54, 1.807) is 6.07 Å². The minimum atomic E-state index is -0.451. The van der Waals surface area contributed by atoms with E-state index in [0.717, 1.165) is 51.1 Å². The fourth-order valence-electron chi connectivity index (χ4n) is 4.39. The molecule has 2 aromatic carbocycles. The molecule has 4 aromatic rings. The highest BCUT2D eigenvalue weighted by atomic mass is 79.9. The van der Waals surface area contributed by atoms with E-state index < -0.39 is 5.91 Å². The molecule has 2 aromatic heterocycles. The monoisotopic (exact) mass is 505 g/mol. The van der Waals surface area contributed by atoms with E-state index in [2.05, 4.69) is 39.0 Å². The van der Waals surface area contributed by atoms with Gasteiger partial charge in [0.15, 0.2) is 0 Å². The van der Waals surface area contributed by atoms with Crippen LogP contribution in [0.1, 0.15) is 32.9 Å². The Balaban J connectivity index is 1.71. The van der Waals surface area contributed by atoms with Crippen molar-refractivity contribution < 1.29 is 9.53 Å². The fourth-order valence-corrected chi connectivity index (χ4v) is 4.74. The Morgan fingerprint density at radius 1 is 1.21 bits per heavy atom. The molecule has 5 rings (SSSR count). The number of fused-ring (bicyclic) bond motifs is 2. The zero-order chi connectivity index (χ0) is 23.1. The number of carbonyl (C=O) groups is 1. The number of rotatable bonds is 5. The van der Waals surface area contributed by atoms with Crippen molar-refractivity contribution in [3.05, 3.63) is 76.6 Å². The summed E-state index contributed by atoms with van der Waals surface area (Å²) in [5.41, 5.74) is 12.1. The minimum Gasteiger partial charge on any atom is -0.376 e. The van der Waals surface area contributed by atoms with Crippen molar-refractivity contribution in [2.75, 3.05) is 18.6 Å². The first-order valence-electron chi connectivity index (χ1n) is 10.8. The molecule has 3 heterocycles. The molecule has 1 amide bonds. The number of ether oxygens (including phenoxy) is 1. The zero-order valence-corrected chi connectivity index (χ0v) is 20.1. The SMILES string of the molecule is Cc1cc2c(C(N)=O)cccc2n1-c1nc2c(c(N(C)c3cccc(CBr)c3)n1)COCC2. The van der Waals surface area contributed by atoms with Crippen LogP contribution >= 0.6 is 15.9 Å². The normalized spacial score (nSPS) is 13.2. The molecule has 0 saturated heterocycles. The molecule has 0 saturated carbocycles. The summed E-state index contributed by atoms with van der Waals surface area (Å²) >= 11 is 3.54. The molecule has 0 atom stereocenters.